The maximum Gasteiger partial charge on any atom is 0.241 e. The van der Waals surface area contributed by atoms with Crippen LogP contribution < -0.4 is 10.0 Å². The molecule has 0 spiro atoms. The summed E-state index contributed by atoms with van der Waals surface area (Å²) in [5.41, 5.74) is 0. The second kappa shape index (κ2) is 7.02. The average Bonchev–Trinajstić information content (AvgIpc) is 2.88. The van der Waals surface area contributed by atoms with Crippen LogP contribution in [-0.2, 0) is 16.6 Å². The topological polar surface area (TPSA) is 58.2 Å². The van der Waals surface area contributed by atoms with E-state index in [2.05, 4.69) is 17.0 Å². The summed E-state index contributed by atoms with van der Waals surface area (Å²) in [6, 6.07) is 1.81. The largest absolute Gasteiger partial charge is 0.315 e. The molecule has 0 bridgehead atoms. The molecule has 1 aliphatic rings. The molecule has 0 aliphatic heterocycles. The minimum absolute atomic E-state index is 0.0982. The normalized spacial score (nSPS) is 23.9. The van der Waals surface area contributed by atoms with Crippen molar-refractivity contribution in [3.05, 3.63) is 16.3 Å². The van der Waals surface area contributed by atoms with Crippen molar-refractivity contribution in [1.29, 1.82) is 0 Å². The summed E-state index contributed by atoms with van der Waals surface area (Å²) in [5.74, 6) is 0.663. The van der Waals surface area contributed by atoms with Gasteiger partial charge in [0.05, 0.1) is 4.90 Å². The lowest BCUT2D eigenvalue weighted by Crippen LogP contribution is -2.38. The van der Waals surface area contributed by atoms with Gasteiger partial charge >= 0.3 is 0 Å². The third-order valence-corrected chi connectivity index (χ3v) is 6.67. The highest BCUT2D eigenvalue weighted by Gasteiger charge is 2.27. The van der Waals surface area contributed by atoms with Crippen LogP contribution in [0.4, 0.5) is 0 Å². The van der Waals surface area contributed by atoms with E-state index in [1.165, 1.54) is 17.8 Å². The number of rotatable bonds is 6. The van der Waals surface area contributed by atoms with Gasteiger partial charge in [-0.05, 0) is 37.3 Å². The first-order valence-corrected chi connectivity index (χ1v) is 9.66. The number of nitrogens with one attached hydrogen (secondary N) is 2. The van der Waals surface area contributed by atoms with E-state index in [0.717, 1.165) is 30.6 Å². The molecule has 114 valence electrons. The molecule has 20 heavy (non-hydrogen) atoms. The first kappa shape index (κ1) is 15.9. The highest BCUT2D eigenvalue weighted by molar-refractivity contribution is 7.89. The summed E-state index contributed by atoms with van der Waals surface area (Å²) in [5, 5.41) is 4.86. The molecule has 6 heteroatoms. The monoisotopic (exact) mass is 316 g/mol. The first-order chi connectivity index (χ1) is 9.56. The minimum Gasteiger partial charge on any atom is -0.315 e. The smallest absolute Gasteiger partial charge is 0.241 e. The molecule has 1 aromatic heterocycles. The van der Waals surface area contributed by atoms with Gasteiger partial charge in [-0.25, -0.2) is 13.1 Å². The van der Waals surface area contributed by atoms with Gasteiger partial charge in [0.2, 0.25) is 10.0 Å². The number of hydrogen-bond acceptors (Lipinski definition) is 4. The zero-order valence-electron chi connectivity index (χ0n) is 12.2. The van der Waals surface area contributed by atoms with Crippen molar-refractivity contribution < 1.29 is 8.42 Å². The molecular formula is C14H24N2O2S2. The minimum atomic E-state index is -3.38. The van der Waals surface area contributed by atoms with Gasteiger partial charge in [-0.1, -0.05) is 26.2 Å². The molecule has 0 radical (unpaired) electrons. The standard InChI is InChI=1S/C14H24N2O2S2/c1-3-11-5-4-6-12(9-11)16-20(17,18)14-7-8-19-13(14)10-15-2/h7-8,11-12,15-16H,3-6,9-10H2,1-2H3. The molecule has 2 unspecified atom stereocenters. The van der Waals surface area contributed by atoms with Crippen LogP contribution in [-0.4, -0.2) is 21.5 Å². The Morgan fingerprint density at radius 3 is 2.90 bits per heavy atom. The Morgan fingerprint density at radius 2 is 2.20 bits per heavy atom. The van der Waals surface area contributed by atoms with Crippen LogP contribution in [0.25, 0.3) is 0 Å². The van der Waals surface area contributed by atoms with Crippen LogP contribution in [0.5, 0.6) is 0 Å². The van der Waals surface area contributed by atoms with Gasteiger partial charge in [-0.3, -0.25) is 0 Å². The molecule has 2 rings (SSSR count). The molecular weight excluding hydrogens is 292 g/mol. The predicted molar refractivity (Wildman–Crippen MR) is 83.4 cm³/mol. The van der Waals surface area contributed by atoms with Gasteiger partial charge in [0.25, 0.3) is 0 Å². The summed E-state index contributed by atoms with van der Waals surface area (Å²) in [6.45, 7) is 2.78. The number of hydrogen-bond donors (Lipinski definition) is 2. The van der Waals surface area contributed by atoms with Crippen LogP contribution in [0, 0.1) is 5.92 Å². The Balaban J connectivity index is 2.08. The zero-order chi connectivity index (χ0) is 14.6. The maximum atomic E-state index is 12.5. The Bertz CT molecular complexity index is 525. The maximum absolute atomic E-state index is 12.5. The molecule has 1 aromatic rings. The second-order valence-corrected chi connectivity index (χ2v) is 8.18. The van der Waals surface area contributed by atoms with Crippen LogP contribution in [0.1, 0.15) is 43.9 Å². The van der Waals surface area contributed by atoms with Crippen LogP contribution in [0.15, 0.2) is 16.3 Å². The Labute approximate surface area is 126 Å². The van der Waals surface area contributed by atoms with E-state index in [-0.39, 0.29) is 6.04 Å². The van der Waals surface area contributed by atoms with E-state index in [4.69, 9.17) is 0 Å². The molecule has 2 N–H and O–H groups in total. The highest BCUT2D eigenvalue weighted by Crippen LogP contribution is 2.28. The summed E-state index contributed by atoms with van der Waals surface area (Å²) in [7, 11) is -1.55. The predicted octanol–water partition coefficient (Wildman–Crippen LogP) is 2.71. The van der Waals surface area contributed by atoms with Gasteiger partial charge in [-0.15, -0.1) is 11.3 Å². The Hall–Kier alpha value is -0.430. The Kier molecular flexibility index (Phi) is 5.60. The van der Waals surface area contributed by atoms with Crippen molar-refractivity contribution in [2.45, 2.75) is 56.5 Å². The lowest BCUT2D eigenvalue weighted by molar-refractivity contribution is 0.301. The van der Waals surface area contributed by atoms with E-state index in [1.807, 2.05) is 12.4 Å². The Morgan fingerprint density at radius 1 is 1.40 bits per heavy atom. The SMILES string of the molecule is CCC1CCCC(NS(=O)(=O)c2ccsc2CNC)C1. The molecule has 1 aliphatic carbocycles. The molecule has 0 saturated heterocycles. The summed E-state index contributed by atoms with van der Waals surface area (Å²) < 4.78 is 28.0. The van der Waals surface area contributed by atoms with Crippen LogP contribution in [0.2, 0.25) is 0 Å². The molecule has 1 fully saturated rings. The van der Waals surface area contributed by atoms with E-state index in [1.54, 1.807) is 6.07 Å². The fourth-order valence-electron chi connectivity index (χ4n) is 2.91. The highest BCUT2D eigenvalue weighted by atomic mass is 32.2. The lowest BCUT2D eigenvalue weighted by Gasteiger charge is -2.28. The van der Waals surface area contributed by atoms with Gasteiger partial charge in [0.1, 0.15) is 0 Å². The van der Waals surface area contributed by atoms with Crippen molar-refractivity contribution in [3.63, 3.8) is 0 Å². The fraction of sp³-hybridized carbons (Fsp3) is 0.714. The van der Waals surface area contributed by atoms with Gasteiger partial charge < -0.3 is 5.32 Å². The summed E-state index contributed by atoms with van der Waals surface area (Å²) in [6.07, 6.45) is 5.43. The molecule has 2 atom stereocenters. The molecule has 1 heterocycles. The number of sulfonamides is 1. The second-order valence-electron chi connectivity index (χ2n) is 5.50. The molecule has 0 aromatic carbocycles. The molecule has 4 nitrogen and oxygen atoms in total. The van der Waals surface area contributed by atoms with Gasteiger partial charge in [0.15, 0.2) is 0 Å². The third kappa shape index (κ3) is 3.81. The van der Waals surface area contributed by atoms with E-state index in [9.17, 15) is 8.42 Å². The van der Waals surface area contributed by atoms with Gasteiger partial charge in [-0.2, -0.15) is 0 Å². The van der Waals surface area contributed by atoms with E-state index >= 15 is 0 Å². The van der Waals surface area contributed by atoms with Crippen LogP contribution >= 0.6 is 11.3 Å². The van der Waals surface area contributed by atoms with Crippen molar-refractivity contribution in [3.8, 4) is 0 Å². The molecule has 0 amide bonds. The summed E-state index contributed by atoms with van der Waals surface area (Å²) >= 11 is 1.49. The first-order valence-electron chi connectivity index (χ1n) is 7.30. The third-order valence-electron chi connectivity index (χ3n) is 4.01. The van der Waals surface area contributed by atoms with Crippen molar-refractivity contribution in [1.82, 2.24) is 10.0 Å². The average molecular weight is 316 g/mol. The van der Waals surface area contributed by atoms with Crippen molar-refractivity contribution in [2.75, 3.05) is 7.05 Å². The van der Waals surface area contributed by atoms with E-state index in [0.29, 0.717) is 17.4 Å². The van der Waals surface area contributed by atoms with Crippen molar-refractivity contribution >= 4 is 21.4 Å². The fourth-order valence-corrected chi connectivity index (χ4v) is 5.65. The number of thiophene rings is 1. The van der Waals surface area contributed by atoms with Crippen molar-refractivity contribution in [2.24, 2.45) is 5.92 Å². The summed E-state index contributed by atoms with van der Waals surface area (Å²) in [4.78, 5) is 1.32. The zero-order valence-corrected chi connectivity index (χ0v) is 13.8. The quantitative estimate of drug-likeness (QED) is 0.848. The van der Waals surface area contributed by atoms with Crippen LogP contribution in [0.3, 0.4) is 0 Å². The van der Waals surface area contributed by atoms with E-state index < -0.39 is 10.0 Å². The lowest BCUT2D eigenvalue weighted by atomic mass is 9.85. The molecule has 1 saturated carbocycles. The van der Waals surface area contributed by atoms with Gasteiger partial charge in [0, 0.05) is 17.5 Å².